The van der Waals surface area contributed by atoms with Crippen LogP contribution in [-0.2, 0) is 28.1 Å². The molecule has 1 saturated heterocycles. The number of hydrogen-bond donors (Lipinski definition) is 0. The van der Waals surface area contributed by atoms with E-state index < -0.39 is 9.84 Å². The topological polar surface area (TPSA) is 72.3 Å². The number of rotatable bonds is 3. The van der Waals surface area contributed by atoms with Gasteiger partial charge in [0.05, 0.1) is 23.6 Å². The van der Waals surface area contributed by atoms with E-state index in [1.165, 1.54) is 0 Å². The molecule has 0 N–H and O–H groups in total. The summed E-state index contributed by atoms with van der Waals surface area (Å²) in [6.07, 6.45) is 0.791. The van der Waals surface area contributed by atoms with Crippen LogP contribution in [0.5, 0.6) is 0 Å². The second-order valence-electron chi connectivity index (χ2n) is 5.14. The van der Waals surface area contributed by atoms with Crippen LogP contribution < -0.4 is 0 Å². The van der Waals surface area contributed by atoms with Crippen LogP contribution in [-0.4, -0.2) is 53.6 Å². The Hall–Kier alpha value is -1.37. The minimum atomic E-state index is -2.96. The Balaban J connectivity index is 2.02. The van der Waals surface area contributed by atoms with E-state index in [-0.39, 0.29) is 29.9 Å². The summed E-state index contributed by atoms with van der Waals surface area (Å²) in [4.78, 5) is 13.7. The molecule has 0 aliphatic carbocycles. The van der Waals surface area contributed by atoms with E-state index in [4.69, 9.17) is 0 Å². The van der Waals surface area contributed by atoms with Crippen LogP contribution in [0.1, 0.15) is 17.8 Å². The Morgan fingerprint density at radius 3 is 2.74 bits per heavy atom. The number of hydrogen-bond acceptors (Lipinski definition) is 4. The molecule has 19 heavy (non-hydrogen) atoms. The van der Waals surface area contributed by atoms with E-state index in [1.54, 1.807) is 23.7 Å². The highest BCUT2D eigenvalue weighted by Gasteiger charge is 2.32. The smallest absolute Gasteiger partial charge is 0.228 e. The quantitative estimate of drug-likeness (QED) is 0.778. The first-order chi connectivity index (χ1) is 8.78. The number of aromatic nitrogens is 2. The zero-order valence-electron chi connectivity index (χ0n) is 11.5. The highest BCUT2D eigenvalue weighted by molar-refractivity contribution is 7.91. The van der Waals surface area contributed by atoms with Gasteiger partial charge in [-0.25, -0.2) is 8.42 Å². The van der Waals surface area contributed by atoms with E-state index >= 15 is 0 Å². The molecule has 0 spiro atoms. The number of sulfone groups is 1. The van der Waals surface area contributed by atoms with Crippen molar-refractivity contribution in [1.82, 2.24) is 14.7 Å². The van der Waals surface area contributed by atoms with Crippen molar-refractivity contribution in [1.29, 1.82) is 0 Å². The van der Waals surface area contributed by atoms with Crippen molar-refractivity contribution >= 4 is 15.7 Å². The number of likely N-dealkylation sites (N-methyl/N-ethyl adjacent to an activating group) is 1. The average molecular weight is 285 g/mol. The van der Waals surface area contributed by atoms with Crippen LogP contribution in [0, 0.1) is 6.92 Å². The van der Waals surface area contributed by atoms with E-state index in [0.29, 0.717) is 6.42 Å². The Morgan fingerprint density at radius 1 is 1.58 bits per heavy atom. The van der Waals surface area contributed by atoms with Gasteiger partial charge in [-0.3, -0.25) is 9.48 Å². The maximum atomic E-state index is 12.2. The summed E-state index contributed by atoms with van der Waals surface area (Å²) in [6.45, 7) is 1.88. The second-order valence-corrected chi connectivity index (χ2v) is 7.37. The summed E-state index contributed by atoms with van der Waals surface area (Å²) in [5, 5.41) is 4.19. The largest absolute Gasteiger partial charge is 0.341 e. The number of aryl methyl sites for hydroxylation is 2. The van der Waals surface area contributed by atoms with Gasteiger partial charge in [-0.2, -0.15) is 5.10 Å². The van der Waals surface area contributed by atoms with Gasteiger partial charge in [0.25, 0.3) is 0 Å². The molecule has 7 heteroatoms. The summed E-state index contributed by atoms with van der Waals surface area (Å²) in [5.41, 5.74) is 1.71. The zero-order valence-corrected chi connectivity index (χ0v) is 12.3. The summed E-state index contributed by atoms with van der Waals surface area (Å²) in [5.74, 6) is 0.199. The predicted molar refractivity (Wildman–Crippen MR) is 71.5 cm³/mol. The number of carbonyl (C=O) groups excluding carboxylic acids is 1. The van der Waals surface area contributed by atoms with Crippen LogP contribution in [0.4, 0.5) is 0 Å². The van der Waals surface area contributed by atoms with Crippen molar-refractivity contribution in [3.63, 3.8) is 0 Å². The van der Waals surface area contributed by atoms with Gasteiger partial charge in [-0.15, -0.1) is 0 Å². The molecule has 0 bridgehead atoms. The van der Waals surface area contributed by atoms with Gasteiger partial charge >= 0.3 is 0 Å². The first-order valence-electron chi connectivity index (χ1n) is 6.24. The minimum Gasteiger partial charge on any atom is -0.341 e. The van der Waals surface area contributed by atoms with E-state index in [1.807, 2.05) is 13.0 Å². The zero-order chi connectivity index (χ0) is 14.2. The maximum Gasteiger partial charge on any atom is 0.228 e. The van der Waals surface area contributed by atoms with E-state index in [2.05, 4.69) is 5.10 Å². The molecule has 1 aromatic rings. The van der Waals surface area contributed by atoms with E-state index in [0.717, 1.165) is 11.4 Å². The molecule has 0 aromatic carbocycles. The Morgan fingerprint density at radius 2 is 2.26 bits per heavy atom. The first-order valence-corrected chi connectivity index (χ1v) is 8.06. The molecule has 106 valence electrons. The predicted octanol–water partition coefficient (Wildman–Crippen LogP) is -0.0835. The molecule has 6 nitrogen and oxygen atoms in total. The summed E-state index contributed by atoms with van der Waals surface area (Å²) >= 11 is 0. The van der Waals surface area contributed by atoms with Crippen molar-refractivity contribution in [3.05, 3.63) is 17.5 Å². The molecule has 2 heterocycles. The minimum absolute atomic E-state index is 0.0647. The Labute approximate surface area is 113 Å². The lowest BCUT2D eigenvalue weighted by Gasteiger charge is -2.23. The number of amides is 1. The second kappa shape index (κ2) is 4.96. The molecule has 0 saturated carbocycles. The van der Waals surface area contributed by atoms with Crippen molar-refractivity contribution in [2.24, 2.45) is 7.05 Å². The van der Waals surface area contributed by atoms with Gasteiger partial charge in [0.2, 0.25) is 5.91 Å². The van der Waals surface area contributed by atoms with Crippen LogP contribution in [0.2, 0.25) is 0 Å². The summed E-state index contributed by atoms with van der Waals surface area (Å²) in [7, 11) is 0.517. The standard InChI is InChI=1S/C12H19N3O3S/c1-9-6-11(15(3)13-9)7-12(16)14(2)10-4-5-19(17,18)8-10/h6,10H,4-5,7-8H2,1-3H3. The monoisotopic (exact) mass is 285 g/mol. The normalized spacial score (nSPS) is 21.5. The van der Waals surface area contributed by atoms with Gasteiger partial charge < -0.3 is 4.90 Å². The van der Waals surface area contributed by atoms with Gasteiger partial charge in [-0.1, -0.05) is 0 Å². The third-order valence-electron chi connectivity index (χ3n) is 3.58. The Kier molecular flexibility index (Phi) is 3.66. The van der Waals surface area contributed by atoms with E-state index in [9.17, 15) is 13.2 Å². The fraction of sp³-hybridized carbons (Fsp3) is 0.667. The van der Waals surface area contributed by atoms with Crippen molar-refractivity contribution in [2.75, 3.05) is 18.6 Å². The fourth-order valence-electron chi connectivity index (χ4n) is 2.39. The SMILES string of the molecule is Cc1cc(CC(=O)N(C)C2CCS(=O)(=O)C2)n(C)n1. The molecule has 1 aliphatic rings. The van der Waals surface area contributed by atoms with Gasteiger partial charge in [0.1, 0.15) is 0 Å². The average Bonchev–Trinajstić information content (AvgIpc) is 2.81. The van der Waals surface area contributed by atoms with Gasteiger partial charge in [-0.05, 0) is 19.4 Å². The lowest BCUT2D eigenvalue weighted by Crippen LogP contribution is -2.39. The van der Waals surface area contributed by atoms with Crippen LogP contribution in [0.25, 0.3) is 0 Å². The lowest BCUT2D eigenvalue weighted by atomic mass is 10.2. The van der Waals surface area contributed by atoms with Gasteiger partial charge in [0, 0.05) is 25.8 Å². The number of carbonyl (C=O) groups is 1. The van der Waals surface area contributed by atoms with Crippen LogP contribution in [0.3, 0.4) is 0 Å². The molecule has 1 atom stereocenters. The Bertz CT molecular complexity index is 591. The highest BCUT2D eigenvalue weighted by Crippen LogP contribution is 2.17. The fourth-order valence-corrected chi connectivity index (χ4v) is 4.17. The molecule has 2 rings (SSSR count). The first kappa shape index (κ1) is 14.0. The molecule has 0 radical (unpaired) electrons. The molecule has 1 fully saturated rings. The van der Waals surface area contributed by atoms with Crippen LogP contribution in [0.15, 0.2) is 6.07 Å². The number of nitrogens with zero attached hydrogens (tertiary/aromatic N) is 3. The van der Waals surface area contributed by atoms with Crippen molar-refractivity contribution < 1.29 is 13.2 Å². The maximum absolute atomic E-state index is 12.2. The van der Waals surface area contributed by atoms with Gasteiger partial charge in [0.15, 0.2) is 9.84 Å². The van der Waals surface area contributed by atoms with Crippen LogP contribution >= 0.6 is 0 Å². The summed E-state index contributed by atoms with van der Waals surface area (Å²) < 4.78 is 24.6. The van der Waals surface area contributed by atoms with Crippen molar-refractivity contribution in [3.8, 4) is 0 Å². The molecule has 1 amide bonds. The highest BCUT2D eigenvalue weighted by atomic mass is 32.2. The third kappa shape index (κ3) is 3.15. The van der Waals surface area contributed by atoms with Crippen molar-refractivity contribution in [2.45, 2.75) is 25.8 Å². The lowest BCUT2D eigenvalue weighted by molar-refractivity contribution is -0.130. The molecule has 1 aromatic heterocycles. The third-order valence-corrected chi connectivity index (χ3v) is 5.33. The molecule has 1 aliphatic heterocycles. The molecular weight excluding hydrogens is 266 g/mol. The summed E-state index contributed by atoms with van der Waals surface area (Å²) in [6, 6.07) is 1.68. The molecule has 1 unspecified atom stereocenters. The molecular formula is C12H19N3O3S.